The van der Waals surface area contributed by atoms with Gasteiger partial charge in [0, 0.05) is 0 Å². The predicted octanol–water partition coefficient (Wildman–Crippen LogP) is 6.93. The van der Waals surface area contributed by atoms with E-state index in [1.165, 1.54) is 22.9 Å². The molecule has 0 N–H and O–H groups in total. The van der Waals surface area contributed by atoms with E-state index in [9.17, 15) is 4.79 Å². The summed E-state index contributed by atoms with van der Waals surface area (Å²) in [6, 6.07) is 24.4. The number of carbonyl (C=O) groups excluding carboxylic acids is 1. The fourth-order valence-electron chi connectivity index (χ4n) is 3.63. The van der Waals surface area contributed by atoms with Crippen LogP contribution in [0.4, 0.5) is 11.4 Å². The molecule has 1 heterocycles. The minimum atomic E-state index is -0.0285. The second-order valence-electron chi connectivity index (χ2n) is 7.52. The maximum absolute atomic E-state index is 13.6. The van der Waals surface area contributed by atoms with Crippen molar-refractivity contribution >= 4 is 40.3 Å². The summed E-state index contributed by atoms with van der Waals surface area (Å²) in [6.45, 7) is 6.30. The molecule has 3 aromatic carbocycles. The summed E-state index contributed by atoms with van der Waals surface area (Å²) in [5.41, 5.74) is 6.33. The lowest BCUT2D eigenvalue weighted by Gasteiger charge is -2.19. The molecule has 3 nitrogen and oxygen atoms in total. The number of aliphatic imine (C=N–C) groups is 1. The summed E-state index contributed by atoms with van der Waals surface area (Å²) in [6.07, 6.45) is 3.70. The normalized spacial score (nSPS) is 16.5. The van der Waals surface area contributed by atoms with Gasteiger partial charge in [-0.15, -0.1) is 0 Å². The molecule has 31 heavy (non-hydrogen) atoms. The van der Waals surface area contributed by atoms with E-state index in [0.717, 1.165) is 35.3 Å². The highest BCUT2D eigenvalue weighted by molar-refractivity contribution is 8.19. The first-order chi connectivity index (χ1) is 15.1. The van der Waals surface area contributed by atoms with Crippen molar-refractivity contribution in [2.24, 2.45) is 4.99 Å². The first-order valence-corrected chi connectivity index (χ1v) is 11.5. The van der Waals surface area contributed by atoms with Gasteiger partial charge in [0.2, 0.25) is 0 Å². The van der Waals surface area contributed by atoms with Crippen molar-refractivity contribution in [3.8, 4) is 0 Å². The van der Waals surface area contributed by atoms with Gasteiger partial charge < -0.3 is 0 Å². The van der Waals surface area contributed by atoms with Crippen molar-refractivity contribution in [3.05, 3.63) is 100.0 Å². The van der Waals surface area contributed by atoms with E-state index >= 15 is 0 Å². The Hall–Kier alpha value is -3.11. The fourth-order valence-corrected chi connectivity index (χ4v) is 4.61. The molecule has 156 valence electrons. The van der Waals surface area contributed by atoms with E-state index in [2.05, 4.69) is 45.0 Å². The number of para-hydroxylation sites is 2. The number of hydrogen-bond donors (Lipinski definition) is 0. The van der Waals surface area contributed by atoms with Crippen LogP contribution in [0.25, 0.3) is 6.08 Å². The number of hydrogen-bond acceptors (Lipinski definition) is 3. The van der Waals surface area contributed by atoms with Crippen LogP contribution in [0, 0.1) is 6.92 Å². The number of rotatable bonds is 5. The quantitative estimate of drug-likeness (QED) is 0.414. The first kappa shape index (κ1) is 21.1. The lowest BCUT2D eigenvalue weighted by atomic mass is 10.1. The van der Waals surface area contributed by atoms with Crippen molar-refractivity contribution in [1.29, 1.82) is 0 Å². The first-order valence-electron chi connectivity index (χ1n) is 10.7. The minimum absolute atomic E-state index is 0.0285. The summed E-state index contributed by atoms with van der Waals surface area (Å²) < 4.78 is 0. The zero-order chi connectivity index (χ0) is 21.8. The molecule has 0 atom stereocenters. The highest BCUT2D eigenvalue weighted by Gasteiger charge is 2.35. The van der Waals surface area contributed by atoms with E-state index in [1.807, 2.05) is 54.6 Å². The Morgan fingerprint density at radius 2 is 1.52 bits per heavy atom. The number of nitrogens with zero attached hydrogens (tertiary/aromatic N) is 2. The third kappa shape index (κ3) is 4.49. The lowest BCUT2D eigenvalue weighted by Crippen LogP contribution is -2.29. The third-order valence-electron chi connectivity index (χ3n) is 5.38. The number of carbonyl (C=O) groups is 1. The number of amidine groups is 1. The molecule has 0 aliphatic carbocycles. The smallest absolute Gasteiger partial charge is 0.268 e. The van der Waals surface area contributed by atoms with Gasteiger partial charge in [-0.25, -0.2) is 4.99 Å². The molecule has 1 amide bonds. The molecule has 1 aliphatic rings. The Morgan fingerprint density at radius 1 is 0.871 bits per heavy atom. The monoisotopic (exact) mass is 426 g/mol. The van der Waals surface area contributed by atoms with E-state index in [0.29, 0.717) is 10.1 Å². The summed E-state index contributed by atoms with van der Waals surface area (Å²) in [5, 5.41) is 0.699. The van der Waals surface area contributed by atoms with Crippen molar-refractivity contribution in [1.82, 2.24) is 0 Å². The average Bonchev–Trinajstić information content (AvgIpc) is 3.10. The van der Waals surface area contributed by atoms with E-state index in [-0.39, 0.29) is 5.91 Å². The maximum Gasteiger partial charge on any atom is 0.271 e. The number of anilines is 1. The van der Waals surface area contributed by atoms with E-state index in [1.54, 1.807) is 4.90 Å². The summed E-state index contributed by atoms with van der Waals surface area (Å²) in [4.78, 5) is 21.0. The van der Waals surface area contributed by atoms with Gasteiger partial charge in [-0.2, -0.15) is 0 Å². The lowest BCUT2D eigenvalue weighted by molar-refractivity contribution is -0.113. The second-order valence-corrected chi connectivity index (χ2v) is 8.53. The molecule has 4 heteroatoms. The van der Waals surface area contributed by atoms with Crippen LogP contribution in [0.3, 0.4) is 0 Å². The Balaban J connectivity index is 1.83. The molecule has 4 rings (SSSR count). The largest absolute Gasteiger partial charge is 0.271 e. The number of benzene rings is 3. The van der Waals surface area contributed by atoms with Gasteiger partial charge in [-0.3, -0.25) is 9.69 Å². The Bertz CT molecular complexity index is 1160. The van der Waals surface area contributed by atoms with Gasteiger partial charge in [-0.1, -0.05) is 80.1 Å². The molecule has 1 fully saturated rings. The number of thioether (sulfide) groups is 1. The molecular formula is C27H26N2OS. The van der Waals surface area contributed by atoms with Crippen LogP contribution in [-0.2, 0) is 17.6 Å². The van der Waals surface area contributed by atoms with Gasteiger partial charge in [0.25, 0.3) is 5.91 Å². The third-order valence-corrected chi connectivity index (χ3v) is 6.35. The molecule has 0 radical (unpaired) electrons. The maximum atomic E-state index is 13.6. The zero-order valence-electron chi connectivity index (χ0n) is 18.1. The number of aryl methyl sites for hydroxylation is 3. The zero-order valence-corrected chi connectivity index (χ0v) is 18.9. The van der Waals surface area contributed by atoms with Crippen LogP contribution in [0.15, 0.2) is 82.7 Å². The van der Waals surface area contributed by atoms with E-state index < -0.39 is 0 Å². The van der Waals surface area contributed by atoms with Crippen LogP contribution in [0.1, 0.15) is 36.1 Å². The molecule has 3 aromatic rings. The average molecular weight is 427 g/mol. The Morgan fingerprint density at radius 3 is 2.23 bits per heavy atom. The van der Waals surface area contributed by atoms with Gasteiger partial charge in [-0.05, 0) is 66.4 Å². The van der Waals surface area contributed by atoms with Crippen molar-refractivity contribution in [2.45, 2.75) is 33.6 Å². The Kier molecular flexibility index (Phi) is 6.38. The summed E-state index contributed by atoms with van der Waals surface area (Å²) in [5.74, 6) is -0.0285. The van der Waals surface area contributed by atoms with Gasteiger partial charge in [0.15, 0.2) is 5.17 Å². The predicted molar refractivity (Wildman–Crippen MR) is 133 cm³/mol. The van der Waals surface area contributed by atoms with Crippen molar-refractivity contribution in [2.75, 3.05) is 4.90 Å². The molecule has 0 aromatic heterocycles. The van der Waals surface area contributed by atoms with Crippen LogP contribution >= 0.6 is 11.8 Å². The molecule has 0 bridgehead atoms. The molecule has 0 spiro atoms. The number of amides is 1. The van der Waals surface area contributed by atoms with Crippen LogP contribution < -0.4 is 4.90 Å². The topological polar surface area (TPSA) is 32.7 Å². The second kappa shape index (κ2) is 9.36. The summed E-state index contributed by atoms with van der Waals surface area (Å²) >= 11 is 1.44. The molecule has 0 unspecified atom stereocenters. The van der Waals surface area contributed by atoms with Gasteiger partial charge >= 0.3 is 0 Å². The van der Waals surface area contributed by atoms with Crippen molar-refractivity contribution in [3.63, 3.8) is 0 Å². The molecule has 1 saturated heterocycles. The summed E-state index contributed by atoms with van der Waals surface area (Å²) in [7, 11) is 0. The van der Waals surface area contributed by atoms with Gasteiger partial charge in [0.1, 0.15) is 0 Å². The minimum Gasteiger partial charge on any atom is -0.268 e. The fraction of sp³-hybridized carbons (Fsp3) is 0.185. The van der Waals surface area contributed by atoms with Crippen LogP contribution in [0.5, 0.6) is 0 Å². The Labute approximate surface area is 188 Å². The highest BCUT2D eigenvalue weighted by Crippen LogP contribution is 2.39. The standard InChI is InChI=1S/C27H26N2OS/c1-4-21-10-6-8-12-23(21)28-27-29(24-13-9-7-11-22(24)5-2)26(30)25(31-27)18-20-16-14-19(3)15-17-20/h6-18H,4-5H2,1-3H3/b25-18+,28-27?. The van der Waals surface area contributed by atoms with Crippen molar-refractivity contribution < 1.29 is 4.79 Å². The van der Waals surface area contributed by atoms with E-state index in [4.69, 9.17) is 4.99 Å². The molecule has 0 saturated carbocycles. The molecule has 1 aliphatic heterocycles. The SMILES string of the molecule is CCc1ccccc1N=C1S/C(=C/c2ccc(C)cc2)C(=O)N1c1ccccc1CC. The molecular weight excluding hydrogens is 400 g/mol. The highest BCUT2D eigenvalue weighted by atomic mass is 32.2. The van der Waals surface area contributed by atoms with Crippen LogP contribution in [0.2, 0.25) is 0 Å². The van der Waals surface area contributed by atoms with Gasteiger partial charge in [0.05, 0.1) is 16.3 Å². The van der Waals surface area contributed by atoms with Crippen LogP contribution in [-0.4, -0.2) is 11.1 Å².